The van der Waals surface area contributed by atoms with Crippen molar-refractivity contribution in [2.75, 3.05) is 0 Å². The lowest BCUT2D eigenvalue weighted by molar-refractivity contribution is 0.0701. The van der Waals surface area contributed by atoms with Crippen LogP contribution in [0, 0.1) is 20.8 Å². The molecule has 0 aliphatic heterocycles. The third-order valence-electron chi connectivity index (χ3n) is 3.72. The standard InChI is InChI=1S/C19H17NO3S/c1-11-5-4-6-12(2)16(11)23-15-9-7-14(8-10-15)18-20-13(3)17(24-18)19(21)22/h4-10H,1-3H3,(H,21,22). The van der Waals surface area contributed by atoms with Gasteiger partial charge in [-0.2, -0.15) is 0 Å². The van der Waals surface area contributed by atoms with Crippen LogP contribution in [0.2, 0.25) is 0 Å². The van der Waals surface area contributed by atoms with Gasteiger partial charge in [0.15, 0.2) is 0 Å². The van der Waals surface area contributed by atoms with E-state index in [-0.39, 0.29) is 4.88 Å². The number of ether oxygens (including phenoxy) is 1. The van der Waals surface area contributed by atoms with Crippen LogP contribution in [0.15, 0.2) is 42.5 Å². The molecule has 0 saturated heterocycles. The van der Waals surface area contributed by atoms with Gasteiger partial charge in [-0.3, -0.25) is 0 Å². The summed E-state index contributed by atoms with van der Waals surface area (Å²) in [4.78, 5) is 15.8. The Kier molecular flexibility index (Phi) is 4.36. The van der Waals surface area contributed by atoms with Gasteiger partial charge in [0.1, 0.15) is 21.4 Å². The highest BCUT2D eigenvalue weighted by Gasteiger charge is 2.15. The van der Waals surface area contributed by atoms with Crippen molar-refractivity contribution in [1.29, 1.82) is 0 Å². The molecule has 4 nitrogen and oxygen atoms in total. The van der Waals surface area contributed by atoms with Crippen LogP contribution < -0.4 is 4.74 Å². The van der Waals surface area contributed by atoms with Crippen molar-refractivity contribution in [2.24, 2.45) is 0 Å². The number of benzene rings is 2. The largest absolute Gasteiger partial charge is 0.477 e. The number of aromatic nitrogens is 1. The molecular weight excluding hydrogens is 322 g/mol. The summed E-state index contributed by atoms with van der Waals surface area (Å²) in [5, 5.41) is 9.83. The lowest BCUT2D eigenvalue weighted by atomic mass is 10.1. The summed E-state index contributed by atoms with van der Waals surface area (Å²) in [6.07, 6.45) is 0. The molecule has 24 heavy (non-hydrogen) atoms. The quantitative estimate of drug-likeness (QED) is 0.707. The number of aromatic carboxylic acids is 1. The molecule has 5 heteroatoms. The highest BCUT2D eigenvalue weighted by atomic mass is 32.1. The van der Waals surface area contributed by atoms with Crippen LogP contribution in [-0.2, 0) is 0 Å². The molecule has 0 fully saturated rings. The molecule has 0 aliphatic rings. The normalized spacial score (nSPS) is 10.6. The zero-order valence-electron chi connectivity index (χ0n) is 13.7. The maximum absolute atomic E-state index is 11.1. The van der Waals surface area contributed by atoms with Gasteiger partial charge in [-0.15, -0.1) is 11.3 Å². The van der Waals surface area contributed by atoms with Crippen LogP contribution in [0.5, 0.6) is 11.5 Å². The minimum atomic E-state index is -0.939. The Morgan fingerprint density at radius 1 is 1.04 bits per heavy atom. The van der Waals surface area contributed by atoms with Crippen LogP contribution >= 0.6 is 11.3 Å². The smallest absolute Gasteiger partial charge is 0.347 e. The van der Waals surface area contributed by atoms with Gasteiger partial charge in [-0.05, 0) is 56.2 Å². The van der Waals surface area contributed by atoms with Gasteiger partial charge in [0.25, 0.3) is 0 Å². The van der Waals surface area contributed by atoms with Crippen molar-refractivity contribution >= 4 is 17.3 Å². The van der Waals surface area contributed by atoms with E-state index in [9.17, 15) is 4.79 Å². The maximum Gasteiger partial charge on any atom is 0.347 e. The Labute approximate surface area is 144 Å². The number of rotatable bonds is 4. The van der Waals surface area contributed by atoms with Crippen LogP contribution in [0.3, 0.4) is 0 Å². The second kappa shape index (κ2) is 6.45. The second-order valence-corrected chi connectivity index (χ2v) is 6.59. The van der Waals surface area contributed by atoms with E-state index in [4.69, 9.17) is 9.84 Å². The van der Waals surface area contributed by atoms with E-state index in [0.29, 0.717) is 10.7 Å². The van der Waals surface area contributed by atoms with Gasteiger partial charge in [0.2, 0.25) is 0 Å². The average molecular weight is 339 g/mol. The number of carboxylic acids is 1. The van der Waals surface area contributed by atoms with Gasteiger partial charge in [-0.1, -0.05) is 18.2 Å². The molecule has 2 aromatic carbocycles. The summed E-state index contributed by atoms with van der Waals surface area (Å²) in [5.74, 6) is 0.664. The first-order valence-corrected chi connectivity index (χ1v) is 8.32. The molecule has 0 spiro atoms. The Balaban J connectivity index is 1.86. The zero-order chi connectivity index (χ0) is 17.3. The first-order valence-electron chi connectivity index (χ1n) is 7.51. The van der Waals surface area contributed by atoms with Crippen molar-refractivity contribution in [3.05, 3.63) is 64.2 Å². The van der Waals surface area contributed by atoms with E-state index in [1.165, 1.54) is 11.3 Å². The minimum Gasteiger partial charge on any atom is -0.477 e. The molecule has 0 radical (unpaired) electrons. The first-order chi connectivity index (χ1) is 11.5. The van der Waals surface area contributed by atoms with E-state index in [0.717, 1.165) is 28.2 Å². The molecule has 0 aliphatic carbocycles. The van der Waals surface area contributed by atoms with Gasteiger partial charge >= 0.3 is 5.97 Å². The molecule has 1 aromatic heterocycles. The molecule has 0 bridgehead atoms. The van der Waals surface area contributed by atoms with Crippen LogP contribution in [-0.4, -0.2) is 16.1 Å². The molecule has 1 heterocycles. The van der Waals surface area contributed by atoms with E-state index in [1.54, 1.807) is 6.92 Å². The number of hydrogen-bond acceptors (Lipinski definition) is 4. The fourth-order valence-corrected chi connectivity index (χ4v) is 3.37. The highest BCUT2D eigenvalue weighted by molar-refractivity contribution is 7.17. The average Bonchev–Trinajstić information content (AvgIpc) is 2.94. The summed E-state index contributed by atoms with van der Waals surface area (Å²) in [7, 11) is 0. The number of thiazole rings is 1. The number of nitrogens with zero attached hydrogens (tertiary/aromatic N) is 1. The monoisotopic (exact) mass is 339 g/mol. The number of carbonyl (C=O) groups is 1. The summed E-state index contributed by atoms with van der Waals surface area (Å²) >= 11 is 1.18. The Hall–Kier alpha value is -2.66. The molecule has 3 rings (SSSR count). The van der Waals surface area contributed by atoms with Crippen molar-refractivity contribution in [2.45, 2.75) is 20.8 Å². The molecule has 122 valence electrons. The SMILES string of the molecule is Cc1cccc(C)c1Oc1ccc(-c2nc(C)c(C(=O)O)s2)cc1. The second-order valence-electron chi connectivity index (χ2n) is 5.59. The van der Waals surface area contributed by atoms with E-state index in [1.807, 2.05) is 56.3 Å². The number of aryl methyl sites for hydroxylation is 3. The topological polar surface area (TPSA) is 59.4 Å². The highest BCUT2D eigenvalue weighted by Crippen LogP contribution is 2.32. The number of hydrogen-bond donors (Lipinski definition) is 1. The van der Waals surface area contributed by atoms with Crippen molar-refractivity contribution in [3.63, 3.8) is 0 Å². The van der Waals surface area contributed by atoms with Gasteiger partial charge < -0.3 is 9.84 Å². The Morgan fingerprint density at radius 2 is 1.67 bits per heavy atom. The minimum absolute atomic E-state index is 0.279. The van der Waals surface area contributed by atoms with E-state index < -0.39 is 5.97 Å². The Morgan fingerprint density at radius 3 is 2.21 bits per heavy atom. The van der Waals surface area contributed by atoms with Gasteiger partial charge in [-0.25, -0.2) is 9.78 Å². The Bertz CT molecular complexity index is 877. The fourth-order valence-electron chi connectivity index (χ4n) is 2.46. The molecule has 3 aromatic rings. The van der Waals surface area contributed by atoms with Crippen LogP contribution in [0.1, 0.15) is 26.5 Å². The van der Waals surface area contributed by atoms with E-state index >= 15 is 0 Å². The van der Waals surface area contributed by atoms with Crippen molar-refractivity contribution in [1.82, 2.24) is 4.98 Å². The van der Waals surface area contributed by atoms with Crippen molar-refractivity contribution < 1.29 is 14.6 Å². The van der Waals surface area contributed by atoms with Crippen LogP contribution in [0.25, 0.3) is 10.6 Å². The third kappa shape index (κ3) is 3.16. The maximum atomic E-state index is 11.1. The molecular formula is C19H17NO3S. The zero-order valence-corrected chi connectivity index (χ0v) is 14.5. The van der Waals surface area contributed by atoms with Gasteiger partial charge in [0.05, 0.1) is 5.69 Å². The predicted octanol–water partition coefficient (Wildman–Crippen LogP) is 5.23. The third-order valence-corrected chi connectivity index (χ3v) is 4.92. The molecule has 0 saturated carbocycles. The molecule has 0 atom stereocenters. The van der Waals surface area contributed by atoms with Gasteiger partial charge in [0, 0.05) is 5.56 Å². The number of para-hydroxylation sites is 1. The summed E-state index contributed by atoms with van der Waals surface area (Å²) in [6, 6.07) is 13.6. The van der Waals surface area contributed by atoms with Crippen molar-refractivity contribution in [3.8, 4) is 22.1 Å². The first kappa shape index (κ1) is 16.2. The van der Waals surface area contributed by atoms with E-state index in [2.05, 4.69) is 4.98 Å². The fraction of sp³-hybridized carbons (Fsp3) is 0.158. The summed E-state index contributed by atoms with van der Waals surface area (Å²) < 4.78 is 5.99. The molecule has 0 amide bonds. The molecule has 0 unspecified atom stereocenters. The number of carboxylic acid groups (broad SMARTS) is 1. The summed E-state index contributed by atoms with van der Waals surface area (Å²) in [6.45, 7) is 5.74. The molecule has 1 N–H and O–H groups in total. The van der Waals surface area contributed by atoms with Crippen LogP contribution in [0.4, 0.5) is 0 Å². The summed E-state index contributed by atoms with van der Waals surface area (Å²) in [5.41, 5.74) is 3.59. The lowest BCUT2D eigenvalue weighted by Gasteiger charge is -2.11. The lowest BCUT2D eigenvalue weighted by Crippen LogP contribution is -1.94. The predicted molar refractivity (Wildman–Crippen MR) is 95.2 cm³/mol.